The van der Waals surface area contributed by atoms with Gasteiger partial charge in [0.05, 0.1) is 11.0 Å². The largest absolute Gasteiger partial charge is 0.456 e. The summed E-state index contributed by atoms with van der Waals surface area (Å²) in [7, 11) is 0. The van der Waals surface area contributed by atoms with Gasteiger partial charge >= 0.3 is 0 Å². The fourth-order valence-electron chi connectivity index (χ4n) is 10.1. The van der Waals surface area contributed by atoms with E-state index >= 15 is 0 Å². The summed E-state index contributed by atoms with van der Waals surface area (Å²) >= 11 is 0. The second-order valence-electron chi connectivity index (χ2n) is 16.8. The number of hydrogen-bond acceptors (Lipinski definition) is 4. The van der Waals surface area contributed by atoms with E-state index in [0.29, 0.717) is 17.6 Å². The van der Waals surface area contributed by atoms with Crippen LogP contribution in [-0.4, -0.2) is 19.5 Å². The van der Waals surface area contributed by atoms with Crippen molar-refractivity contribution in [2.24, 2.45) is 0 Å². The Morgan fingerprint density at radius 3 is 1.89 bits per heavy atom. The fourth-order valence-corrected chi connectivity index (χ4v) is 10.1. The molecule has 12 aromatic rings. The standard InChI is InChI=1S/C56H36N4O/c1-56(2)47-20-9-7-16-41(47)46-31-36(26-29-48(46)56)40-18-11-19-44-45-28-24-34-13-5-6-15-39(34)51(45)60(52(40)44)55-58-53(37-23-22-33-12-3-4-14-35(33)30-37)57-54(59-55)38-25-27-43-42-17-8-10-21-49(42)61-50(43)32-38/h3-32H,1-2H3. The highest BCUT2D eigenvalue weighted by Crippen LogP contribution is 2.50. The molecule has 0 spiro atoms. The van der Waals surface area contributed by atoms with Gasteiger partial charge in [0.1, 0.15) is 11.2 Å². The minimum Gasteiger partial charge on any atom is -0.456 e. The monoisotopic (exact) mass is 780 g/mol. The zero-order valence-electron chi connectivity index (χ0n) is 33.5. The lowest BCUT2D eigenvalue weighted by molar-refractivity contribution is 0.660. The van der Waals surface area contributed by atoms with E-state index in [4.69, 9.17) is 19.4 Å². The SMILES string of the molecule is CC1(C)c2ccccc2-c2cc(-c3cccc4c5ccc6ccccc6c5n(-c5nc(-c6ccc7ccccc7c6)nc(-c6ccc7c(c6)oc6ccccc67)n5)c34)ccc21. The smallest absolute Gasteiger partial charge is 0.238 e. The van der Waals surface area contributed by atoms with Crippen LogP contribution in [0.2, 0.25) is 0 Å². The molecule has 1 aliphatic rings. The Morgan fingerprint density at radius 1 is 0.393 bits per heavy atom. The molecule has 3 heterocycles. The first-order valence-corrected chi connectivity index (χ1v) is 20.8. The van der Waals surface area contributed by atoms with Crippen LogP contribution >= 0.6 is 0 Å². The minimum atomic E-state index is -0.0872. The van der Waals surface area contributed by atoms with Crippen LogP contribution in [0.1, 0.15) is 25.0 Å². The Kier molecular flexibility index (Phi) is 7.00. The van der Waals surface area contributed by atoms with E-state index in [1.807, 2.05) is 18.2 Å². The average molecular weight is 781 g/mol. The van der Waals surface area contributed by atoms with E-state index in [2.05, 4.69) is 182 Å². The number of benzene rings is 9. The fraction of sp³-hybridized carbons (Fsp3) is 0.0536. The number of aromatic nitrogens is 4. The van der Waals surface area contributed by atoms with Crippen molar-refractivity contribution in [3.63, 3.8) is 0 Å². The molecule has 0 amide bonds. The average Bonchev–Trinajstić information content (AvgIpc) is 3.94. The second-order valence-corrected chi connectivity index (χ2v) is 16.8. The first kappa shape index (κ1) is 34.0. The lowest BCUT2D eigenvalue weighted by Crippen LogP contribution is -2.14. The van der Waals surface area contributed by atoms with Gasteiger partial charge in [-0.1, -0.05) is 166 Å². The molecule has 0 saturated carbocycles. The molecule has 1 aliphatic carbocycles. The van der Waals surface area contributed by atoms with E-state index < -0.39 is 0 Å². The third-order valence-corrected chi connectivity index (χ3v) is 13.0. The van der Waals surface area contributed by atoms with E-state index in [0.717, 1.165) is 87.5 Å². The quantitative estimate of drug-likeness (QED) is 0.178. The molecule has 13 rings (SSSR count). The van der Waals surface area contributed by atoms with Crippen molar-refractivity contribution in [2.45, 2.75) is 19.3 Å². The Balaban J connectivity index is 1.12. The minimum absolute atomic E-state index is 0.0872. The highest BCUT2D eigenvalue weighted by atomic mass is 16.3. The van der Waals surface area contributed by atoms with Crippen LogP contribution in [-0.2, 0) is 5.41 Å². The molecule has 61 heavy (non-hydrogen) atoms. The molecular weight excluding hydrogens is 745 g/mol. The van der Waals surface area contributed by atoms with Crippen LogP contribution in [0.4, 0.5) is 0 Å². The summed E-state index contributed by atoms with van der Waals surface area (Å²) in [6.07, 6.45) is 0. The zero-order valence-corrected chi connectivity index (χ0v) is 33.5. The Bertz CT molecular complexity index is 3810. The number of fused-ring (bicyclic) bond motifs is 12. The number of furan rings is 1. The van der Waals surface area contributed by atoms with Gasteiger partial charge in [0.2, 0.25) is 5.95 Å². The molecule has 9 aromatic carbocycles. The number of para-hydroxylation sites is 2. The van der Waals surface area contributed by atoms with Crippen LogP contribution in [0.5, 0.6) is 0 Å². The van der Waals surface area contributed by atoms with E-state index in [-0.39, 0.29) is 5.41 Å². The molecule has 0 bridgehead atoms. The maximum Gasteiger partial charge on any atom is 0.238 e. The molecular formula is C56H36N4O. The third kappa shape index (κ3) is 4.98. The van der Waals surface area contributed by atoms with Gasteiger partial charge in [-0.25, -0.2) is 4.98 Å². The first-order chi connectivity index (χ1) is 30.0. The van der Waals surface area contributed by atoms with Crippen LogP contribution in [0, 0.1) is 0 Å². The summed E-state index contributed by atoms with van der Waals surface area (Å²) in [6, 6.07) is 64.9. The molecule has 0 atom stereocenters. The van der Waals surface area contributed by atoms with Gasteiger partial charge in [-0.05, 0) is 74.3 Å². The van der Waals surface area contributed by atoms with Gasteiger partial charge < -0.3 is 4.42 Å². The molecule has 5 heteroatoms. The molecule has 0 radical (unpaired) electrons. The molecule has 0 saturated heterocycles. The molecule has 286 valence electrons. The van der Waals surface area contributed by atoms with Gasteiger partial charge in [-0.2, -0.15) is 9.97 Å². The summed E-state index contributed by atoms with van der Waals surface area (Å²) in [6.45, 7) is 4.66. The van der Waals surface area contributed by atoms with Crippen molar-refractivity contribution in [1.82, 2.24) is 19.5 Å². The van der Waals surface area contributed by atoms with E-state index in [1.165, 1.54) is 22.3 Å². The predicted molar refractivity (Wildman–Crippen MR) is 250 cm³/mol. The van der Waals surface area contributed by atoms with Crippen LogP contribution in [0.3, 0.4) is 0 Å². The number of hydrogen-bond donors (Lipinski definition) is 0. The zero-order chi connectivity index (χ0) is 40.4. The van der Waals surface area contributed by atoms with Crippen LogP contribution < -0.4 is 0 Å². The molecule has 0 fully saturated rings. The van der Waals surface area contributed by atoms with Crippen molar-refractivity contribution in [1.29, 1.82) is 0 Å². The van der Waals surface area contributed by atoms with Crippen LogP contribution in [0.25, 0.3) is 116 Å². The Labute approximate surface area is 351 Å². The number of nitrogens with zero attached hydrogens (tertiary/aromatic N) is 4. The maximum absolute atomic E-state index is 6.40. The van der Waals surface area contributed by atoms with E-state index in [1.54, 1.807) is 0 Å². The van der Waals surface area contributed by atoms with Crippen molar-refractivity contribution < 1.29 is 4.42 Å². The summed E-state index contributed by atoms with van der Waals surface area (Å²) in [4.78, 5) is 16.1. The lowest BCUT2D eigenvalue weighted by Gasteiger charge is -2.21. The van der Waals surface area contributed by atoms with Gasteiger partial charge in [0.25, 0.3) is 0 Å². The van der Waals surface area contributed by atoms with Gasteiger partial charge in [-0.3, -0.25) is 4.57 Å². The van der Waals surface area contributed by atoms with Gasteiger partial charge in [-0.15, -0.1) is 0 Å². The van der Waals surface area contributed by atoms with Gasteiger partial charge in [0.15, 0.2) is 11.6 Å². The Hall–Kier alpha value is -7.89. The topological polar surface area (TPSA) is 56.7 Å². The summed E-state index contributed by atoms with van der Waals surface area (Å²) in [5, 5.41) is 8.98. The first-order valence-electron chi connectivity index (χ1n) is 20.8. The summed E-state index contributed by atoms with van der Waals surface area (Å²) in [5.74, 6) is 1.72. The summed E-state index contributed by atoms with van der Waals surface area (Å²) in [5.41, 5.74) is 13.0. The number of rotatable bonds is 4. The van der Waals surface area contributed by atoms with Crippen molar-refractivity contribution in [3.8, 4) is 51.0 Å². The third-order valence-electron chi connectivity index (χ3n) is 13.0. The molecule has 0 aliphatic heterocycles. The van der Waals surface area contributed by atoms with E-state index in [9.17, 15) is 0 Å². The molecule has 0 N–H and O–H groups in total. The highest BCUT2D eigenvalue weighted by Gasteiger charge is 2.35. The predicted octanol–water partition coefficient (Wildman–Crippen LogP) is 14.5. The molecule has 3 aromatic heterocycles. The van der Waals surface area contributed by atoms with Crippen molar-refractivity contribution in [2.75, 3.05) is 0 Å². The molecule has 0 unspecified atom stereocenters. The maximum atomic E-state index is 6.40. The van der Waals surface area contributed by atoms with Crippen molar-refractivity contribution >= 4 is 65.3 Å². The lowest BCUT2D eigenvalue weighted by atomic mass is 9.82. The normalized spacial score (nSPS) is 13.2. The highest BCUT2D eigenvalue weighted by molar-refractivity contribution is 6.21. The Morgan fingerprint density at radius 2 is 1.00 bits per heavy atom. The van der Waals surface area contributed by atoms with Crippen molar-refractivity contribution in [3.05, 3.63) is 193 Å². The summed E-state index contributed by atoms with van der Waals surface area (Å²) < 4.78 is 8.69. The molecule has 5 nitrogen and oxygen atoms in total. The van der Waals surface area contributed by atoms with Crippen LogP contribution in [0.15, 0.2) is 186 Å². The van der Waals surface area contributed by atoms with Gasteiger partial charge in [0, 0.05) is 49.0 Å². The second kappa shape index (κ2) is 12.6.